The Morgan fingerprint density at radius 2 is 2.00 bits per heavy atom. The fourth-order valence-corrected chi connectivity index (χ4v) is 2.81. The monoisotopic (exact) mass is 345 g/mol. The van der Waals surface area contributed by atoms with Gasteiger partial charge in [0.25, 0.3) is 0 Å². The molecular formula is C19H28FN5. The van der Waals surface area contributed by atoms with Crippen LogP contribution < -0.4 is 5.32 Å². The van der Waals surface area contributed by atoms with Crippen molar-refractivity contribution in [3.8, 4) is 0 Å². The van der Waals surface area contributed by atoms with Gasteiger partial charge in [0.15, 0.2) is 5.96 Å². The largest absolute Gasteiger partial charge is 0.356 e. The lowest BCUT2D eigenvalue weighted by Crippen LogP contribution is -2.40. The average molecular weight is 345 g/mol. The van der Waals surface area contributed by atoms with Crippen molar-refractivity contribution in [3.05, 3.63) is 53.1 Å². The van der Waals surface area contributed by atoms with Crippen LogP contribution in [0.2, 0.25) is 0 Å². The molecule has 2 rings (SSSR count). The Morgan fingerprint density at radius 3 is 2.56 bits per heavy atom. The number of hydrogen-bond acceptors (Lipinski definition) is 2. The Kier molecular flexibility index (Phi) is 6.56. The molecule has 1 unspecified atom stereocenters. The Labute approximate surface area is 149 Å². The van der Waals surface area contributed by atoms with E-state index in [0.29, 0.717) is 12.5 Å². The molecular weight excluding hydrogens is 317 g/mol. The quantitative estimate of drug-likeness (QED) is 0.647. The van der Waals surface area contributed by atoms with E-state index in [0.717, 1.165) is 30.3 Å². The van der Waals surface area contributed by atoms with Gasteiger partial charge in [-0.1, -0.05) is 19.1 Å². The van der Waals surface area contributed by atoms with Gasteiger partial charge in [0.2, 0.25) is 0 Å². The van der Waals surface area contributed by atoms with Crippen LogP contribution in [0.25, 0.3) is 0 Å². The Bertz CT molecular complexity index is 705. The van der Waals surface area contributed by atoms with Crippen molar-refractivity contribution >= 4 is 5.96 Å². The van der Waals surface area contributed by atoms with Crippen LogP contribution in [-0.2, 0) is 13.1 Å². The summed E-state index contributed by atoms with van der Waals surface area (Å²) in [5.74, 6) is 1.02. The molecule has 0 amide bonds. The molecule has 0 aliphatic carbocycles. The summed E-state index contributed by atoms with van der Waals surface area (Å²) in [5.41, 5.74) is 3.28. The molecule has 0 radical (unpaired) electrons. The molecule has 1 aromatic heterocycles. The van der Waals surface area contributed by atoms with Crippen molar-refractivity contribution in [3.63, 3.8) is 0 Å². The summed E-state index contributed by atoms with van der Waals surface area (Å²) in [5, 5.41) is 7.92. The van der Waals surface area contributed by atoms with Crippen LogP contribution in [0.5, 0.6) is 0 Å². The zero-order valence-corrected chi connectivity index (χ0v) is 15.8. The van der Waals surface area contributed by atoms with Crippen molar-refractivity contribution in [1.29, 1.82) is 0 Å². The highest BCUT2D eigenvalue weighted by Gasteiger charge is 2.11. The van der Waals surface area contributed by atoms with Gasteiger partial charge in [0, 0.05) is 39.4 Å². The summed E-state index contributed by atoms with van der Waals surface area (Å²) in [7, 11) is 3.75. The van der Waals surface area contributed by atoms with Crippen LogP contribution >= 0.6 is 0 Å². The summed E-state index contributed by atoms with van der Waals surface area (Å²) in [6, 6.07) is 8.65. The second-order valence-electron chi connectivity index (χ2n) is 6.63. The number of aromatic nitrogens is 2. The predicted molar refractivity (Wildman–Crippen MR) is 100 cm³/mol. The summed E-state index contributed by atoms with van der Waals surface area (Å²) < 4.78 is 15.1. The number of aryl methyl sites for hydroxylation is 2. The third-order valence-electron chi connectivity index (χ3n) is 4.10. The molecule has 0 spiro atoms. The molecule has 25 heavy (non-hydrogen) atoms. The minimum Gasteiger partial charge on any atom is -0.356 e. The highest BCUT2D eigenvalue weighted by molar-refractivity contribution is 5.79. The molecule has 0 fully saturated rings. The molecule has 0 aliphatic heterocycles. The van der Waals surface area contributed by atoms with Gasteiger partial charge in [-0.3, -0.25) is 9.67 Å². The maximum absolute atomic E-state index is 13.0. The van der Waals surface area contributed by atoms with Crippen molar-refractivity contribution in [2.75, 3.05) is 20.6 Å². The van der Waals surface area contributed by atoms with Gasteiger partial charge in [0.1, 0.15) is 5.82 Å². The first-order valence-electron chi connectivity index (χ1n) is 8.56. The molecule has 6 heteroatoms. The molecule has 0 aliphatic rings. The van der Waals surface area contributed by atoms with Crippen LogP contribution in [0.15, 0.2) is 35.3 Å². The van der Waals surface area contributed by atoms with E-state index in [2.05, 4.69) is 35.3 Å². The van der Waals surface area contributed by atoms with Gasteiger partial charge in [-0.2, -0.15) is 5.10 Å². The molecule has 0 bridgehead atoms. The molecule has 5 nitrogen and oxygen atoms in total. The molecule has 1 atom stereocenters. The Hall–Kier alpha value is -2.37. The first-order valence-corrected chi connectivity index (χ1v) is 8.56. The van der Waals surface area contributed by atoms with E-state index < -0.39 is 0 Å². The minimum absolute atomic E-state index is 0.216. The first-order chi connectivity index (χ1) is 11.9. The van der Waals surface area contributed by atoms with Crippen molar-refractivity contribution in [2.45, 2.75) is 33.9 Å². The summed E-state index contributed by atoms with van der Waals surface area (Å²) in [4.78, 5) is 6.37. The highest BCUT2D eigenvalue weighted by Crippen LogP contribution is 2.07. The van der Waals surface area contributed by atoms with Crippen LogP contribution in [0.3, 0.4) is 0 Å². The van der Waals surface area contributed by atoms with Gasteiger partial charge in [0.05, 0.1) is 5.69 Å². The van der Waals surface area contributed by atoms with Gasteiger partial charge in [-0.15, -0.1) is 0 Å². The number of hydrogen-bond donors (Lipinski definition) is 1. The van der Waals surface area contributed by atoms with E-state index in [1.54, 1.807) is 19.2 Å². The zero-order valence-electron chi connectivity index (χ0n) is 15.8. The van der Waals surface area contributed by atoms with Crippen molar-refractivity contribution in [2.24, 2.45) is 10.9 Å². The maximum atomic E-state index is 13.0. The third kappa shape index (κ3) is 5.59. The van der Waals surface area contributed by atoms with Gasteiger partial charge < -0.3 is 10.2 Å². The normalized spacial score (nSPS) is 13.0. The number of guanidine groups is 1. The summed E-state index contributed by atoms with van der Waals surface area (Å²) in [6.45, 7) is 8.63. The number of halogens is 1. The first kappa shape index (κ1) is 19.0. The third-order valence-corrected chi connectivity index (χ3v) is 4.10. The topological polar surface area (TPSA) is 45.5 Å². The van der Waals surface area contributed by atoms with Crippen LogP contribution in [0, 0.1) is 25.6 Å². The van der Waals surface area contributed by atoms with Crippen LogP contribution in [0.1, 0.15) is 23.9 Å². The van der Waals surface area contributed by atoms with Crippen molar-refractivity contribution < 1.29 is 4.39 Å². The molecule has 136 valence electrons. The van der Waals surface area contributed by atoms with E-state index in [4.69, 9.17) is 0 Å². The molecule has 2 aromatic rings. The van der Waals surface area contributed by atoms with Gasteiger partial charge in [-0.05, 0) is 43.5 Å². The molecule has 1 N–H and O–H groups in total. The van der Waals surface area contributed by atoms with Gasteiger partial charge in [-0.25, -0.2) is 4.39 Å². The van der Waals surface area contributed by atoms with Crippen molar-refractivity contribution in [1.82, 2.24) is 20.0 Å². The lowest BCUT2D eigenvalue weighted by molar-refractivity contribution is 0.418. The Balaban J connectivity index is 1.86. The van der Waals surface area contributed by atoms with E-state index in [1.165, 1.54) is 17.8 Å². The lowest BCUT2D eigenvalue weighted by Gasteiger charge is -2.24. The zero-order chi connectivity index (χ0) is 18.4. The van der Waals surface area contributed by atoms with Gasteiger partial charge >= 0.3 is 0 Å². The summed E-state index contributed by atoms with van der Waals surface area (Å²) >= 11 is 0. The maximum Gasteiger partial charge on any atom is 0.193 e. The second-order valence-corrected chi connectivity index (χ2v) is 6.63. The molecule has 1 aromatic carbocycles. The standard InChI is InChI=1S/C19H28FN5/c1-14(12-25-16(3)10-15(2)23-25)11-22-19(21-4)24(5)13-17-6-8-18(20)9-7-17/h6-10,14H,11-13H2,1-5H3,(H,21,22). The molecule has 0 saturated carbocycles. The van der Waals surface area contributed by atoms with Crippen LogP contribution in [0.4, 0.5) is 4.39 Å². The number of aliphatic imine (C=N–C) groups is 1. The number of benzene rings is 1. The molecule has 0 saturated heterocycles. The van der Waals surface area contributed by atoms with Crippen LogP contribution in [-0.4, -0.2) is 41.3 Å². The van der Waals surface area contributed by atoms with E-state index in [-0.39, 0.29) is 5.82 Å². The minimum atomic E-state index is -0.216. The van der Waals surface area contributed by atoms with E-state index >= 15 is 0 Å². The van der Waals surface area contributed by atoms with E-state index in [9.17, 15) is 4.39 Å². The molecule has 1 heterocycles. The number of rotatable bonds is 6. The average Bonchev–Trinajstić information content (AvgIpc) is 2.87. The van der Waals surface area contributed by atoms with E-state index in [1.807, 2.05) is 23.6 Å². The SMILES string of the molecule is CN=C(NCC(C)Cn1nc(C)cc1C)N(C)Cc1ccc(F)cc1. The highest BCUT2D eigenvalue weighted by atomic mass is 19.1. The fourth-order valence-electron chi connectivity index (χ4n) is 2.81. The fraction of sp³-hybridized carbons (Fsp3) is 0.474. The number of nitrogens with one attached hydrogen (secondary N) is 1. The summed E-state index contributed by atoms with van der Waals surface area (Å²) in [6.07, 6.45) is 0. The second kappa shape index (κ2) is 8.65. The Morgan fingerprint density at radius 1 is 1.32 bits per heavy atom. The lowest BCUT2D eigenvalue weighted by atomic mass is 10.2. The number of nitrogens with zero attached hydrogens (tertiary/aromatic N) is 4. The smallest absolute Gasteiger partial charge is 0.193 e. The predicted octanol–water partition coefficient (Wildman–Crippen LogP) is 2.98.